The Labute approximate surface area is 81.9 Å². The van der Waals surface area contributed by atoms with Crippen LogP contribution >= 0.6 is 0 Å². The van der Waals surface area contributed by atoms with Crippen LogP contribution in [-0.4, -0.2) is 14.6 Å². The van der Waals surface area contributed by atoms with Gasteiger partial charge in [-0.25, -0.2) is 4.52 Å². The third-order valence-electron chi connectivity index (χ3n) is 2.34. The summed E-state index contributed by atoms with van der Waals surface area (Å²) in [6, 6.07) is 0.136. The van der Waals surface area contributed by atoms with Gasteiger partial charge in [0.15, 0.2) is 0 Å². The fourth-order valence-electron chi connectivity index (χ4n) is 1.55. The number of fused-ring (bicyclic) bond motifs is 1. The van der Waals surface area contributed by atoms with E-state index in [-0.39, 0.29) is 6.04 Å². The average molecular weight is 191 g/mol. The summed E-state index contributed by atoms with van der Waals surface area (Å²) in [5.41, 5.74) is 4.85. The lowest BCUT2D eigenvalue weighted by atomic mass is 10.1. The summed E-state index contributed by atoms with van der Waals surface area (Å²) in [6.45, 7) is 2.07. The van der Waals surface area contributed by atoms with Gasteiger partial charge in [-0.1, -0.05) is 6.92 Å². The van der Waals surface area contributed by atoms with Crippen molar-refractivity contribution < 1.29 is 0 Å². The molecule has 74 valence electrons. The quantitative estimate of drug-likeness (QED) is 0.552. The molecule has 0 fully saturated rings. The first-order valence-corrected chi connectivity index (χ1v) is 4.60. The predicted molar refractivity (Wildman–Crippen MR) is 53.3 cm³/mol. The zero-order chi connectivity index (χ0) is 9.97. The van der Waals surface area contributed by atoms with E-state index in [0.29, 0.717) is 0 Å². The van der Waals surface area contributed by atoms with E-state index < -0.39 is 0 Å². The molecule has 5 heteroatoms. The van der Waals surface area contributed by atoms with Gasteiger partial charge in [-0.3, -0.25) is 16.3 Å². The number of hydrogen-bond donors (Lipinski definition) is 2. The fraction of sp³-hybridized carbons (Fsp3) is 0.333. The average Bonchev–Trinajstić information content (AvgIpc) is 2.65. The molecule has 2 aromatic rings. The molecule has 1 unspecified atom stereocenters. The summed E-state index contributed by atoms with van der Waals surface area (Å²) in [6.07, 6.45) is 8.07. The van der Waals surface area contributed by atoms with Gasteiger partial charge >= 0.3 is 0 Å². The molecular formula is C9H13N5. The van der Waals surface area contributed by atoms with Crippen molar-refractivity contribution in [3.63, 3.8) is 0 Å². The topological polar surface area (TPSA) is 68.2 Å². The van der Waals surface area contributed by atoms with Crippen LogP contribution in [0, 0.1) is 0 Å². The molecule has 0 aromatic carbocycles. The SMILES string of the molecule is CCC(NN)c1cnn2ccncc12. The second kappa shape index (κ2) is 3.73. The zero-order valence-electron chi connectivity index (χ0n) is 8.01. The minimum Gasteiger partial charge on any atom is -0.271 e. The molecule has 0 aliphatic heterocycles. The van der Waals surface area contributed by atoms with Crippen molar-refractivity contribution in [2.24, 2.45) is 5.84 Å². The van der Waals surface area contributed by atoms with E-state index in [1.807, 2.05) is 12.4 Å². The molecule has 14 heavy (non-hydrogen) atoms. The molecule has 0 bridgehead atoms. The van der Waals surface area contributed by atoms with E-state index in [1.54, 1.807) is 16.9 Å². The van der Waals surface area contributed by atoms with E-state index in [1.165, 1.54) is 0 Å². The second-order valence-corrected chi connectivity index (χ2v) is 3.13. The Morgan fingerprint density at radius 3 is 3.14 bits per heavy atom. The maximum Gasteiger partial charge on any atom is 0.0893 e. The van der Waals surface area contributed by atoms with Crippen LogP contribution in [0.3, 0.4) is 0 Å². The summed E-state index contributed by atoms with van der Waals surface area (Å²) >= 11 is 0. The second-order valence-electron chi connectivity index (χ2n) is 3.13. The molecule has 0 aliphatic carbocycles. The lowest BCUT2D eigenvalue weighted by Crippen LogP contribution is -2.27. The number of aromatic nitrogens is 3. The van der Waals surface area contributed by atoms with Crippen LogP contribution in [0.15, 0.2) is 24.8 Å². The van der Waals surface area contributed by atoms with Crippen LogP contribution < -0.4 is 11.3 Å². The molecule has 5 nitrogen and oxygen atoms in total. The van der Waals surface area contributed by atoms with Gasteiger partial charge in [0.1, 0.15) is 0 Å². The maximum absolute atomic E-state index is 5.46. The van der Waals surface area contributed by atoms with Crippen LogP contribution in [0.25, 0.3) is 5.52 Å². The van der Waals surface area contributed by atoms with Crippen molar-refractivity contribution in [3.8, 4) is 0 Å². The van der Waals surface area contributed by atoms with Crippen molar-refractivity contribution in [1.29, 1.82) is 0 Å². The molecule has 0 saturated heterocycles. The molecule has 0 aliphatic rings. The van der Waals surface area contributed by atoms with E-state index in [4.69, 9.17) is 5.84 Å². The van der Waals surface area contributed by atoms with E-state index in [2.05, 4.69) is 22.4 Å². The van der Waals surface area contributed by atoms with Crippen molar-refractivity contribution in [2.75, 3.05) is 0 Å². The molecule has 1 atom stereocenters. The van der Waals surface area contributed by atoms with E-state index in [0.717, 1.165) is 17.5 Å². The maximum atomic E-state index is 5.46. The normalized spacial score (nSPS) is 13.3. The molecule has 0 spiro atoms. The smallest absolute Gasteiger partial charge is 0.0893 e. The number of nitrogens with two attached hydrogens (primary N) is 1. The zero-order valence-corrected chi connectivity index (χ0v) is 8.01. The molecule has 3 N–H and O–H groups in total. The van der Waals surface area contributed by atoms with Crippen molar-refractivity contribution in [2.45, 2.75) is 19.4 Å². The summed E-state index contributed by atoms with van der Waals surface area (Å²) < 4.78 is 1.79. The van der Waals surface area contributed by atoms with E-state index >= 15 is 0 Å². The molecule has 2 rings (SSSR count). The van der Waals surface area contributed by atoms with Gasteiger partial charge in [0.2, 0.25) is 0 Å². The highest BCUT2D eigenvalue weighted by Gasteiger charge is 2.12. The number of rotatable bonds is 3. The molecule has 2 aromatic heterocycles. The van der Waals surface area contributed by atoms with Crippen LogP contribution in [0.1, 0.15) is 24.9 Å². The molecule has 0 radical (unpaired) electrons. The summed E-state index contributed by atoms with van der Waals surface area (Å²) in [5.74, 6) is 5.46. The van der Waals surface area contributed by atoms with Gasteiger partial charge in [-0.05, 0) is 6.42 Å². The van der Waals surface area contributed by atoms with Gasteiger partial charge in [0, 0.05) is 24.0 Å². The monoisotopic (exact) mass is 191 g/mol. The van der Waals surface area contributed by atoms with Crippen LogP contribution in [-0.2, 0) is 0 Å². The van der Waals surface area contributed by atoms with Crippen LogP contribution in [0.4, 0.5) is 0 Å². The Morgan fingerprint density at radius 2 is 2.43 bits per heavy atom. The highest BCUT2D eigenvalue weighted by Crippen LogP contribution is 2.19. The molecule has 2 heterocycles. The Balaban J connectivity index is 2.51. The first-order valence-electron chi connectivity index (χ1n) is 4.60. The Kier molecular flexibility index (Phi) is 2.43. The highest BCUT2D eigenvalue weighted by molar-refractivity contribution is 5.53. The molecular weight excluding hydrogens is 178 g/mol. The van der Waals surface area contributed by atoms with Crippen LogP contribution in [0.2, 0.25) is 0 Å². The van der Waals surface area contributed by atoms with Gasteiger partial charge in [0.05, 0.1) is 17.9 Å². The molecule has 0 amide bonds. The summed E-state index contributed by atoms with van der Waals surface area (Å²) in [7, 11) is 0. The first kappa shape index (κ1) is 9.11. The van der Waals surface area contributed by atoms with Gasteiger partial charge in [0.25, 0.3) is 0 Å². The predicted octanol–water partition coefficient (Wildman–Crippen LogP) is 0.644. The minimum absolute atomic E-state index is 0.136. The van der Waals surface area contributed by atoms with Gasteiger partial charge < -0.3 is 0 Å². The summed E-state index contributed by atoms with van der Waals surface area (Å²) in [4.78, 5) is 4.07. The lowest BCUT2D eigenvalue weighted by Gasteiger charge is -2.11. The summed E-state index contributed by atoms with van der Waals surface area (Å²) in [5, 5.41) is 4.22. The fourth-order valence-corrected chi connectivity index (χ4v) is 1.55. The standard InChI is InChI=1S/C9H13N5/c1-2-8(13-10)7-5-12-14-4-3-11-6-9(7)14/h3-6,8,13H,2,10H2,1H3. The largest absolute Gasteiger partial charge is 0.271 e. The minimum atomic E-state index is 0.136. The Bertz CT molecular complexity index is 418. The van der Waals surface area contributed by atoms with Crippen molar-refractivity contribution in [1.82, 2.24) is 20.0 Å². The van der Waals surface area contributed by atoms with Gasteiger partial charge in [-0.2, -0.15) is 5.10 Å². The Hall–Kier alpha value is -1.46. The first-order chi connectivity index (χ1) is 6.86. The highest BCUT2D eigenvalue weighted by atomic mass is 15.3. The third kappa shape index (κ3) is 1.36. The van der Waals surface area contributed by atoms with Gasteiger partial charge in [-0.15, -0.1) is 0 Å². The molecule has 0 saturated carbocycles. The van der Waals surface area contributed by atoms with Crippen molar-refractivity contribution >= 4 is 5.52 Å². The number of nitrogens with one attached hydrogen (secondary N) is 1. The van der Waals surface area contributed by atoms with Crippen molar-refractivity contribution in [3.05, 3.63) is 30.4 Å². The third-order valence-corrected chi connectivity index (χ3v) is 2.34. The number of hydrogen-bond acceptors (Lipinski definition) is 4. The Morgan fingerprint density at radius 1 is 1.57 bits per heavy atom. The number of hydrazine groups is 1. The van der Waals surface area contributed by atoms with E-state index in [9.17, 15) is 0 Å². The number of nitrogens with zero attached hydrogens (tertiary/aromatic N) is 3. The van der Waals surface area contributed by atoms with Crippen LogP contribution in [0.5, 0.6) is 0 Å². The lowest BCUT2D eigenvalue weighted by molar-refractivity contribution is 0.542.